The van der Waals surface area contributed by atoms with Crippen LogP contribution in [-0.4, -0.2) is 21.7 Å². The Morgan fingerprint density at radius 1 is 1.10 bits per heavy atom. The van der Waals surface area contributed by atoms with Crippen molar-refractivity contribution in [2.45, 2.75) is 0 Å². The molecule has 0 fully saturated rings. The number of aromatic nitrogens is 2. The first kappa shape index (κ1) is 10.9. The first-order valence-electron chi connectivity index (χ1n) is 6.00. The number of nitrogens with one attached hydrogen (secondary N) is 1. The summed E-state index contributed by atoms with van der Waals surface area (Å²) in [6.07, 6.45) is 0. The smallest absolute Gasteiger partial charge is 0.385 e. The fourth-order valence-corrected chi connectivity index (χ4v) is 2.20. The molecule has 1 aliphatic heterocycles. The number of nitrogens with zero attached hydrogens (tertiary/aromatic N) is 1. The molecule has 0 spiro atoms. The van der Waals surface area contributed by atoms with Gasteiger partial charge >= 0.3 is 5.97 Å². The molecule has 0 aliphatic carbocycles. The average Bonchev–Trinajstić information content (AvgIpc) is 3.01. The lowest BCUT2D eigenvalue weighted by Crippen LogP contribution is -2.10. The number of rotatable bonds is 1. The van der Waals surface area contributed by atoms with Crippen molar-refractivity contribution in [1.82, 2.24) is 9.97 Å². The number of carbonyl (C=O) groups excluding carboxylic acids is 2. The molecular weight excluding hydrogens is 256 g/mol. The van der Waals surface area contributed by atoms with E-state index in [4.69, 9.17) is 4.74 Å². The number of hydrogen-bond acceptors (Lipinski definition) is 4. The Kier molecular flexibility index (Phi) is 2.06. The van der Waals surface area contributed by atoms with Gasteiger partial charge in [-0.1, -0.05) is 12.1 Å². The molecule has 95 valence electrons. The predicted octanol–water partition coefficient (Wildman–Crippen LogP) is 2.13. The SMILES string of the molecule is O=C1Oc2ccc(-c3nc4ccccc4[nH]3)[c]c2C1=O. The van der Waals surface area contributed by atoms with Crippen molar-refractivity contribution < 1.29 is 14.3 Å². The molecule has 0 bridgehead atoms. The second kappa shape index (κ2) is 3.77. The molecule has 3 aromatic rings. The van der Waals surface area contributed by atoms with Crippen LogP contribution in [0, 0.1) is 6.07 Å². The number of Topliss-reactive ketones (excluding diaryl/α,β-unsaturated/α-hetero) is 1. The molecule has 5 nitrogen and oxygen atoms in total. The van der Waals surface area contributed by atoms with Crippen LogP contribution >= 0.6 is 0 Å². The summed E-state index contributed by atoms with van der Waals surface area (Å²) in [4.78, 5) is 30.4. The second-order valence-electron chi connectivity index (χ2n) is 4.43. The number of aromatic amines is 1. The van der Waals surface area contributed by atoms with Gasteiger partial charge in [0.15, 0.2) is 0 Å². The van der Waals surface area contributed by atoms with E-state index < -0.39 is 11.8 Å². The zero-order valence-electron chi connectivity index (χ0n) is 10.1. The van der Waals surface area contributed by atoms with Gasteiger partial charge in [-0.05, 0) is 24.3 Å². The maximum absolute atomic E-state index is 11.6. The first-order chi connectivity index (χ1) is 9.72. The van der Waals surface area contributed by atoms with Crippen LogP contribution in [-0.2, 0) is 4.79 Å². The maximum Gasteiger partial charge on any atom is 0.385 e. The van der Waals surface area contributed by atoms with E-state index in [1.165, 1.54) is 0 Å². The van der Waals surface area contributed by atoms with Gasteiger partial charge in [0.1, 0.15) is 11.6 Å². The lowest BCUT2D eigenvalue weighted by atomic mass is 10.1. The highest BCUT2D eigenvalue weighted by atomic mass is 16.5. The average molecular weight is 263 g/mol. The molecule has 1 aliphatic rings. The van der Waals surface area contributed by atoms with Gasteiger partial charge in [0.2, 0.25) is 0 Å². The van der Waals surface area contributed by atoms with Crippen LogP contribution in [0.25, 0.3) is 22.4 Å². The number of ether oxygens (including phenoxy) is 1. The summed E-state index contributed by atoms with van der Waals surface area (Å²) in [5.74, 6) is -0.683. The molecule has 1 N–H and O–H groups in total. The third-order valence-electron chi connectivity index (χ3n) is 3.17. The number of carbonyl (C=O) groups is 2. The summed E-state index contributed by atoms with van der Waals surface area (Å²) in [6, 6.07) is 13.8. The molecule has 20 heavy (non-hydrogen) atoms. The van der Waals surface area contributed by atoms with Crippen molar-refractivity contribution in [3.63, 3.8) is 0 Å². The van der Waals surface area contributed by atoms with Gasteiger partial charge in [-0.25, -0.2) is 9.78 Å². The van der Waals surface area contributed by atoms with E-state index in [0.29, 0.717) is 11.4 Å². The molecule has 0 amide bonds. The highest BCUT2D eigenvalue weighted by Crippen LogP contribution is 2.30. The molecular formula is C15H7N2O3. The van der Waals surface area contributed by atoms with E-state index in [2.05, 4.69) is 16.0 Å². The van der Waals surface area contributed by atoms with Crippen molar-refractivity contribution >= 4 is 22.8 Å². The van der Waals surface area contributed by atoms with Crippen molar-refractivity contribution in [2.24, 2.45) is 0 Å². The van der Waals surface area contributed by atoms with Gasteiger partial charge in [-0.15, -0.1) is 0 Å². The van der Waals surface area contributed by atoms with Gasteiger partial charge in [-0.3, -0.25) is 4.79 Å². The van der Waals surface area contributed by atoms with Crippen LogP contribution < -0.4 is 4.74 Å². The van der Waals surface area contributed by atoms with E-state index >= 15 is 0 Å². The first-order valence-corrected chi connectivity index (χ1v) is 6.00. The Morgan fingerprint density at radius 3 is 2.80 bits per heavy atom. The number of esters is 1. The molecule has 0 unspecified atom stereocenters. The number of hydrogen-bond donors (Lipinski definition) is 1. The van der Waals surface area contributed by atoms with Crippen LogP contribution in [0.3, 0.4) is 0 Å². The summed E-state index contributed by atoms with van der Waals surface area (Å²) >= 11 is 0. The summed E-state index contributed by atoms with van der Waals surface area (Å²) < 4.78 is 4.82. The molecule has 1 aromatic heterocycles. The van der Waals surface area contributed by atoms with E-state index in [-0.39, 0.29) is 11.3 Å². The zero-order chi connectivity index (χ0) is 13.7. The number of imidazole rings is 1. The number of fused-ring (bicyclic) bond motifs is 2. The Bertz CT molecular complexity index is 847. The molecule has 4 rings (SSSR count). The molecule has 0 saturated carbocycles. The van der Waals surface area contributed by atoms with Crippen LogP contribution in [0.1, 0.15) is 10.4 Å². The highest BCUT2D eigenvalue weighted by molar-refractivity contribution is 6.44. The topological polar surface area (TPSA) is 72.0 Å². The standard InChI is InChI=1S/C15H7N2O3/c18-13-9-7-8(5-6-12(9)20-15(13)19)14-16-10-3-1-2-4-11(10)17-14/h1-6H,(H,16,17). The minimum absolute atomic E-state index is 0.160. The Balaban J connectivity index is 1.87. The number of ketones is 1. The Labute approximate surface area is 113 Å². The van der Waals surface area contributed by atoms with E-state index in [1.807, 2.05) is 24.3 Å². The van der Waals surface area contributed by atoms with Crippen LogP contribution in [0.15, 0.2) is 36.4 Å². The normalized spacial score (nSPS) is 13.6. The molecule has 0 saturated heterocycles. The number of para-hydroxylation sites is 2. The maximum atomic E-state index is 11.6. The number of benzene rings is 2. The zero-order valence-corrected chi connectivity index (χ0v) is 10.1. The van der Waals surface area contributed by atoms with Gasteiger partial charge < -0.3 is 9.72 Å². The van der Waals surface area contributed by atoms with Crippen LogP contribution in [0.2, 0.25) is 0 Å². The molecule has 1 radical (unpaired) electrons. The van der Waals surface area contributed by atoms with Crippen LogP contribution in [0.5, 0.6) is 5.75 Å². The molecule has 2 heterocycles. The Hall–Kier alpha value is -2.95. The number of H-pyrrole nitrogens is 1. The monoisotopic (exact) mass is 263 g/mol. The van der Waals surface area contributed by atoms with Gasteiger partial charge in [0.05, 0.1) is 16.6 Å². The van der Waals surface area contributed by atoms with E-state index in [1.54, 1.807) is 12.1 Å². The third-order valence-corrected chi connectivity index (χ3v) is 3.17. The summed E-state index contributed by atoms with van der Waals surface area (Å²) in [6.45, 7) is 0. The van der Waals surface area contributed by atoms with Crippen molar-refractivity contribution in [3.8, 4) is 17.1 Å². The predicted molar refractivity (Wildman–Crippen MR) is 70.3 cm³/mol. The van der Waals surface area contributed by atoms with Crippen molar-refractivity contribution in [3.05, 3.63) is 48.0 Å². The van der Waals surface area contributed by atoms with Gasteiger partial charge in [-0.2, -0.15) is 0 Å². The van der Waals surface area contributed by atoms with Crippen LogP contribution in [0.4, 0.5) is 0 Å². The Morgan fingerprint density at radius 2 is 1.95 bits per heavy atom. The second-order valence-corrected chi connectivity index (χ2v) is 4.43. The molecule has 5 heteroatoms. The van der Waals surface area contributed by atoms with Gasteiger partial charge in [0, 0.05) is 11.6 Å². The highest BCUT2D eigenvalue weighted by Gasteiger charge is 2.31. The summed E-state index contributed by atoms with van der Waals surface area (Å²) in [7, 11) is 0. The minimum atomic E-state index is -0.863. The molecule has 0 atom stereocenters. The lowest BCUT2D eigenvalue weighted by molar-refractivity contribution is -0.128. The third kappa shape index (κ3) is 1.46. The summed E-state index contributed by atoms with van der Waals surface area (Å²) in [5.41, 5.74) is 2.50. The quantitative estimate of drug-likeness (QED) is 0.414. The molecule has 2 aromatic carbocycles. The van der Waals surface area contributed by atoms with Crippen molar-refractivity contribution in [1.29, 1.82) is 0 Å². The van der Waals surface area contributed by atoms with Crippen molar-refractivity contribution in [2.75, 3.05) is 0 Å². The van der Waals surface area contributed by atoms with E-state index in [0.717, 1.165) is 11.0 Å². The summed E-state index contributed by atoms with van der Waals surface area (Å²) in [5, 5.41) is 0. The van der Waals surface area contributed by atoms with Gasteiger partial charge in [0.25, 0.3) is 5.78 Å². The largest absolute Gasteiger partial charge is 0.420 e. The van der Waals surface area contributed by atoms with E-state index in [9.17, 15) is 9.59 Å². The fraction of sp³-hybridized carbons (Fsp3) is 0. The minimum Gasteiger partial charge on any atom is -0.420 e. The lowest BCUT2D eigenvalue weighted by Gasteiger charge is -1.98. The fourth-order valence-electron chi connectivity index (χ4n) is 2.20.